The molecule has 0 aliphatic carbocycles. The summed E-state index contributed by atoms with van der Waals surface area (Å²) in [7, 11) is 0. The Bertz CT molecular complexity index is 618. The second kappa shape index (κ2) is 5.38. The number of nitrogens with zero attached hydrogens (tertiary/aromatic N) is 1. The van der Waals surface area contributed by atoms with Gasteiger partial charge < -0.3 is 15.4 Å². The minimum atomic E-state index is -0.531. The average Bonchev–Trinajstić information content (AvgIpc) is 2.88. The maximum absolute atomic E-state index is 12.0. The zero-order valence-corrected chi connectivity index (χ0v) is 10.3. The Hall–Kier alpha value is -2.57. The van der Waals surface area contributed by atoms with Gasteiger partial charge in [0.15, 0.2) is 5.88 Å². The zero-order chi connectivity index (χ0) is 13.8. The van der Waals surface area contributed by atoms with Crippen LogP contribution in [0.4, 0.5) is 0 Å². The summed E-state index contributed by atoms with van der Waals surface area (Å²) in [6.45, 7) is 1.91. The highest BCUT2D eigenvalue weighted by Crippen LogP contribution is 2.13. The number of imidazole rings is 1. The lowest BCUT2D eigenvalue weighted by Crippen LogP contribution is -2.29. The van der Waals surface area contributed by atoms with Crippen LogP contribution in [0.5, 0.6) is 5.88 Å². The molecular weight excluding hydrogens is 248 g/mol. The van der Waals surface area contributed by atoms with Gasteiger partial charge in [0.25, 0.3) is 11.5 Å². The Kier molecular flexibility index (Phi) is 3.65. The summed E-state index contributed by atoms with van der Waals surface area (Å²) in [5.74, 6) is -0.141. The standard InChI is InChI=1S/C12H14N4O3/c1-2-8(11-13-3-4-14-11)15-12(19)7-5-9(17)16-10(18)6-7/h3-6,8H,2H2,1H3,(H,13,14)(H,15,19)(H2,16,17,18). The van der Waals surface area contributed by atoms with Gasteiger partial charge >= 0.3 is 0 Å². The van der Waals surface area contributed by atoms with E-state index >= 15 is 0 Å². The van der Waals surface area contributed by atoms with E-state index in [1.165, 1.54) is 6.07 Å². The highest BCUT2D eigenvalue weighted by atomic mass is 16.3. The fraction of sp³-hybridized carbons (Fsp3) is 0.250. The number of hydrogen-bond acceptors (Lipinski definition) is 4. The molecule has 2 aromatic rings. The Morgan fingerprint density at radius 3 is 2.89 bits per heavy atom. The van der Waals surface area contributed by atoms with E-state index in [0.717, 1.165) is 6.07 Å². The maximum atomic E-state index is 12.0. The van der Waals surface area contributed by atoms with E-state index < -0.39 is 11.5 Å². The van der Waals surface area contributed by atoms with E-state index in [9.17, 15) is 14.7 Å². The fourth-order valence-corrected chi connectivity index (χ4v) is 1.73. The van der Waals surface area contributed by atoms with Crippen LogP contribution in [0.15, 0.2) is 29.3 Å². The number of amides is 1. The van der Waals surface area contributed by atoms with Gasteiger partial charge in [-0.25, -0.2) is 4.98 Å². The zero-order valence-electron chi connectivity index (χ0n) is 10.3. The van der Waals surface area contributed by atoms with Crippen LogP contribution in [0.1, 0.15) is 35.6 Å². The van der Waals surface area contributed by atoms with Gasteiger partial charge in [0.05, 0.1) is 11.6 Å². The predicted octanol–water partition coefficient (Wildman–Crippen LogP) is 0.685. The molecule has 1 amide bonds. The monoisotopic (exact) mass is 262 g/mol. The van der Waals surface area contributed by atoms with Crippen LogP contribution in [0.25, 0.3) is 0 Å². The SMILES string of the molecule is CCC(NC(=O)c1cc(O)[nH]c(=O)c1)c1ncc[nH]1. The van der Waals surface area contributed by atoms with Crippen molar-refractivity contribution in [3.05, 3.63) is 46.3 Å². The molecular formula is C12H14N4O3. The third-order valence-corrected chi connectivity index (χ3v) is 2.66. The summed E-state index contributed by atoms with van der Waals surface area (Å²) in [5, 5.41) is 12.0. The molecule has 0 bridgehead atoms. The van der Waals surface area contributed by atoms with E-state index in [4.69, 9.17) is 0 Å². The first-order valence-electron chi connectivity index (χ1n) is 5.83. The molecule has 0 aliphatic heterocycles. The highest BCUT2D eigenvalue weighted by molar-refractivity contribution is 5.94. The van der Waals surface area contributed by atoms with Gasteiger partial charge in [0, 0.05) is 24.5 Å². The van der Waals surface area contributed by atoms with Gasteiger partial charge in [-0.1, -0.05) is 6.92 Å². The quantitative estimate of drug-likeness (QED) is 0.649. The van der Waals surface area contributed by atoms with Crippen LogP contribution in [0.2, 0.25) is 0 Å². The number of carbonyl (C=O) groups is 1. The molecule has 2 aromatic heterocycles. The van der Waals surface area contributed by atoms with Crippen molar-refractivity contribution in [1.29, 1.82) is 0 Å². The van der Waals surface area contributed by atoms with E-state index in [1.807, 2.05) is 6.92 Å². The molecule has 0 fully saturated rings. The molecule has 0 aromatic carbocycles. The van der Waals surface area contributed by atoms with E-state index in [2.05, 4.69) is 20.3 Å². The van der Waals surface area contributed by atoms with Crippen LogP contribution >= 0.6 is 0 Å². The number of nitrogens with one attached hydrogen (secondary N) is 3. The molecule has 7 nitrogen and oxygen atoms in total. The molecule has 19 heavy (non-hydrogen) atoms. The molecule has 4 N–H and O–H groups in total. The van der Waals surface area contributed by atoms with Gasteiger partial charge in [-0.15, -0.1) is 0 Å². The van der Waals surface area contributed by atoms with Crippen LogP contribution in [-0.4, -0.2) is 26.0 Å². The van der Waals surface area contributed by atoms with Gasteiger partial charge in [0.1, 0.15) is 5.82 Å². The summed E-state index contributed by atoms with van der Waals surface area (Å²) in [4.78, 5) is 32.4. The summed E-state index contributed by atoms with van der Waals surface area (Å²) in [6, 6.07) is 2.05. The Morgan fingerprint density at radius 1 is 1.53 bits per heavy atom. The number of pyridine rings is 1. The predicted molar refractivity (Wildman–Crippen MR) is 67.8 cm³/mol. The highest BCUT2D eigenvalue weighted by Gasteiger charge is 2.16. The van der Waals surface area contributed by atoms with E-state index in [-0.39, 0.29) is 17.5 Å². The lowest BCUT2D eigenvalue weighted by molar-refractivity contribution is 0.0933. The first kappa shape index (κ1) is 12.9. The van der Waals surface area contributed by atoms with Gasteiger partial charge in [-0.3, -0.25) is 14.6 Å². The fourth-order valence-electron chi connectivity index (χ4n) is 1.73. The second-order valence-corrected chi connectivity index (χ2v) is 4.03. The van der Waals surface area contributed by atoms with Crippen molar-refractivity contribution in [3.63, 3.8) is 0 Å². The molecule has 100 valence electrons. The first-order valence-corrected chi connectivity index (χ1v) is 5.83. The lowest BCUT2D eigenvalue weighted by Gasteiger charge is -2.14. The van der Waals surface area contributed by atoms with Gasteiger partial charge in [-0.2, -0.15) is 0 Å². The Labute approximate surface area is 108 Å². The largest absolute Gasteiger partial charge is 0.494 e. The van der Waals surface area contributed by atoms with Gasteiger partial charge in [-0.05, 0) is 6.42 Å². The first-order chi connectivity index (χ1) is 9.10. The molecule has 7 heteroatoms. The minimum Gasteiger partial charge on any atom is -0.494 e. The second-order valence-electron chi connectivity index (χ2n) is 4.03. The number of hydrogen-bond donors (Lipinski definition) is 4. The number of H-pyrrole nitrogens is 2. The topological polar surface area (TPSA) is 111 Å². The molecule has 0 saturated heterocycles. The molecule has 1 unspecified atom stereocenters. The summed E-state index contributed by atoms with van der Waals surface area (Å²) in [5.41, 5.74) is -0.428. The molecule has 2 heterocycles. The Balaban J connectivity index is 2.18. The van der Waals surface area contributed by atoms with Crippen LogP contribution in [-0.2, 0) is 0 Å². The number of aromatic hydroxyl groups is 1. The molecule has 0 aliphatic rings. The van der Waals surface area contributed by atoms with Crippen LogP contribution in [0.3, 0.4) is 0 Å². The van der Waals surface area contributed by atoms with Crippen molar-refractivity contribution in [1.82, 2.24) is 20.3 Å². The smallest absolute Gasteiger partial charge is 0.252 e. The number of aromatic nitrogens is 3. The van der Waals surface area contributed by atoms with Crippen molar-refractivity contribution < 1.29 is 9.90 Å². The van der Waals surface area contributed by atoms with Crippen molar-refractivity contribution in [3.8, 4) is 5.88 Å². The van der Waals surface area contributed by atoms with Gasteiger partial charge in [0.2, 0.25) is 0 Å². The summed E-state index contributed by atoms with van der Waals surface area (Å²) >= 11 is 0. The van der Waals surface area contributed by atoms with Crippen molar-refractivity contribution in [2.45, 2.75) is 19.4 Å². The molecule has 0 radical (unpaired) electrons. The third kappa shape index (κ3) is 3.01. The van der Waals surface area contributed by atoms with E-state index in [1.54, 1.807) is 12.4 Å². The molecule has 1 atom stereocenters. The van der Waals surface area contributed by atoms with Crippen LogP contribution < -0.4 is 10.9 Å². The number of rotatable bonds is 4. The number of carbonyl (C=O) groups excluding carboxylic acids is 1. The van der Waals surface area contributed by atoms with Crippen molar-refractivity contribution >= 4 is 5.91 Å². The summed E-state index contributed by atoms with van der Waals surface area (Å²) in [6.07, 6.45) is 3.92. The normalized spacial score (nSPS) is 12.1. The third-order valence-electron chi connectivity index (χ3n) is 2.66. The lowest BCUT2D eigenvalue weighted by atomic mass is 10.2. The maximum Gasteiger partial charge on any atom is 0.252 e. The molecule has 2 rings (SSSR count). The average molecular weight is 262 g/mol. The van der Waals surface area contributed by atoms with Crippen molar-refractivity contribution in [2.75, 3.05) is 0 Å². The van der Waals surface area contributed by atoms with Crippen molar-refractivity contribution in [2.24, 2.45) is 0 Å². The molecule has 0 spiro atoms. The molecule has 0 saturated carbocycles. The van der Waals surface area contributed by atoms with Crippen LogP contribution in [0, 0.1) is 0 Å². The minimum absolute atomic E-state index is 0.103. The Morgan fingerprint density at radius 2 is 2.32 bits per heavy atom. The number of aromatic amines is 2. The summed E-state index contributed by atoms with van der Waals surface area (Å²) < 4.78 is 0. The van der Waals surface area contributed by atoms with E-state index in [0.29, 0.717) is 12.2 Å².